The van der Waals surface area contributed by atoms with E-state index in [0.29, 0.717) is 23.1 Å². The first-order valence-corrected chi connectivity index (χ1v) is 20.8. The Morgan fingerprint density at radius 1 is 0.258 bits per heavy atom. The van der Waals surface area contributed by atoms with Crippen molar-refractivity contribution in [3.8, 4) is 78.7 Å². The highest BCUT2D eigenvalue weighted by Gasteiger charge is 2.24. The topological polar surface area (TPSA) is 65.0 Å². The van der Waals surface area contributed by atoms with Gasteiger partial charge in [0.25, 0.3) is 0 Å². The van der Waals surface area contributed by atoms with E-state index >= 15 is 0 Å². The van der Waals surface area contributed by atoms with Crippen LogP contribution in [0, 0.1) is 0 Å². The second kappa shape index (κ2) is 14.7. The summed E-state index contributed by atoms with van der Waals surface area (Å²) < 4.78 is 13.8. The van der Waals surface area contributed by atoms with E-state index in [4.69, 9.17) is 23.8 Å². The molecule has 62 heavy (non-hydrogen) atoms. The van der Waals surface area contributed by atoms with Crippen LogP contribution in [0.3, 0.4) is 0 Å². The number of hydrogen-bond acceptors (Lipinski definition) is 5. The lowest BCUT2D eigenvalue weighted by molar-refractivity contribution is 0.670. The lowest BCUT2D eigenvalue weighted by Gasteiger charge is -2.12. The van der Waals surface area contributed by atoms with E-state index in [2.05, 4.69) is 133 Å². The minimum Gasteiger partial charge on any atom is -0.455 e. The average Bonchev–Trinajstić information content (AvgIpc) is 3.94. The van der Waals surface area contributed by atoms with E-state index in [-0.39, 0.29) is 0 Å². The third kappa shape index (κ3) is 6.06. The van der Waals surface area contributed by atoms with E-state index in [1.807, 2.05) is 78.9 Å². The molecule has 0 spiro atoms. The van der Waals surface area contributed by atoms with Gasteiger partial charge >= 0.3 is 0 Å². The molecule has 3 aromatic heterocycles. The first kappa shape index (κ1) is 35.5. The second-order valence-electron chi connectivity index (χ2n) is 15.5. The Morgan fingerprint density at radius 3 is 1.47 bits per heavy atom. The third-order valence-corrected chi connectivity index (χ3v) is 11.7. The lowest BCUT2D eigenvalue weighted by atomic mass is 9.91. The van der Waals surface area contributed by atoms with Crippen LogP contribution < -0.4 is 0 Å². The number of rotatable bonds is 7. The van der Waals surface area contributed by atoms with Crippen LogP contribution >= 0.6 is 0 Å². The minimum absolute atomic E-state index is 0.531. The van der Waals surface area contributed by atoms with Gasteiger partial charge in [-0.2, -0.15) is 0 Å². The Hall–Kier alpha value is -8.41. The number of furan rings is 2. The van der Waals surface area contributed by atoms with Gasteiger partial charge < -0.3 is 8.83 Å². The van der Waals surface area contributed by atoms with Crippen molar-refractivity contribution >= 4 is 43.9 Å². The lowest BCUT2D eigenvalue weighted by Crippen LogP contribution is -2.00. The van der Waals surface area contributed by atoms with Crippen LogP contribution in [0.2, 0.25) is 0 Å². The van der Waals surface area contributed by atoms with Gasteiger partial charge in [-0.1, -0.05) is 182 Å². The summed E-state index contributed by atoms with van der Waals surface area (Å²) in [6, 6.07) is 73.3. The van der Waals surface area contributed by atoms with Crippen molar-refractivity contribution in [2.45, 2.75) is 0 Å². The molecule has 0 fully saturated rings. The molecule has 0 saturated carbocycles. The molecule has 0 aliphatic carbocycles. The van der Waals surface area contributed by atoms with Gasteiger partial charge in [-0.3, -0.25) is 0 Å². The zero-order valence-electron chi connectivity index (χ0n) is 33.4. The molecule has 5 nitrogen and oxygen atoms in total. The molecular formula is C57H35N3O2. The van der Waals surface area contributed by atoms with Crippen molar-refractivity contribution in [1.82, 2.24) is 15.0 Å². The van der Waals surface area contributed by atoms with Crippen LogP contribution in [-0.4, -0.2) is 15.0 Å². The second-order valence-corrected chi connectivity index (χ2v) is 15.5. The summed E-state index contributed by atoms with van der Waals surface area (Å²) in [4.78, 5) is 15.4. The summed E-state index contributed by atoms with van der Waals surface area (Å²) >= 11 is 0. The van der Waals surface area contributed by atoms with Crippen LogP contribution in [0.25, 0.3) is 123 Å². The van der Waals surface area contributed by atoms with Crippen LogP contribution in [0.4, 0.5) is 0 Å². The summed E-state index contributed by atoms with van der Waals surface area (Å²) in [5.74, 6) is 1.71. The van der Waals surface area contributed by atoms with Gasteiger partial charge in [0.1, 0.15) is 22.3 Å². The Bertz CT molecular complexity index is 3560. The van der Waals surface area contributed by atoms with E-state index in [1.54, 1.807) is 0 Å². The molecule has 0 bridgehead atoms. The van der Waals surface area contributed by atoms with Gasteiger partial charge in [0.15, 0.2) is 17.5 Å². The van der Waals surface area contributed by atoms with Crippen molar-refractivity contribution in [2.24, 2.45) is 0 Å². The first-order valence-electron chi connectivity index (χ1n) is 20.8. The van der Waals surface area contributed by atoms with Gasteiger partial charge in [0.05, 0.1) is 5.56 Å². The van der Waals surface area contributed by atoms with E-state index in [1.165, 1.54) is 0 Å². The number of benzene rings is 9. The predicted molar refractivity (Wildman–Crippen MR) is 252 cm³/mol. The quantitative estimate of drug-likeness (QED) is 0.161. The highest BCUT2D eigenvalue weighted by atomic mass is 16.3. The maximum Gasteiger partial charge on any atom is 0.167 e. The summed E-state index contributed by atoms with van der Waals surface area (Å²) in [7, 11) is 0. The Labute approximate surface area is 357 Å². The number of nitrogens with zero attached hydrogens (tertiary/aromatic N) is 3. The van der Waals surface area contributed by atoms with Crippen LogP contribution in [0.15, 0.2) is 221 Å². The third-order valence-electron chi connectivity index (χ3n) is 11.7. The highest BCUT2D eigenvalue weighted by molar-refractivity contribution is 6.19. The van der Waals surface area contributed by atoms with E-state index in [9.17, 15) is 0 Å². The van der Waals surface area contributed by atoms with Crippen molar-refractivity contribution in [2.75, 3.05) is 0 Å². The molecule has 12 aromatic rings. The predicted octanol–water partition coefficient (Wildman–Crippen LogP) is 15.3. The SMILES string of the molecule is c1ccc(-c2cc(-c3ccccc3)c3oc4c(-c5nc(-c6ccccc6)nc(-c6ccccc6)n5)ccc(-c5cccc(-c6cccc7c6oc6ccccc67)c5)c4c3c2)cc1. The maximum absolute atomic E-state index is 7.26. The minimum atomic E-state index is 0.531. The van der Waals surface area contributed by atoms with Crippen molar-refractivity contribution in [3.63, 3.8) is 0 Å². The highest BCUT2D eigenvalue weighted by Crippen LogP contribution is 2.47. The molecule has 0 aliphatic heterocycles. The van der Waals surface area contributed by atoms with Gasteiger partial charge in [0.2, 0.25) is 0 Å². The van der Waals surface area contributed by atoms with Gasteiger partial charge in [0, 0.05) is 43.8 Å². The number of para-hydroxylation sites is 2. The molecule has 3 heterocycles. The number of aromatic nitrogens is 3. The zero-order chi connectivity index (χ0) is 41.0. The van der Waals surface area contributed by atoms with E-state index in [0.717, 1.165) is 99.5 Å². The molecule has 5 heteroatoms. The van der Waals surface area contributed by atoms with Crippen LogP contribution in [0.1, 0.15) is 0 Å². The molecule has 0 atom stereocenters. The fourth-order valence-corrected chi connectivity index (χ4v) is 8.79. The first-order chi connectivity index (χ1) is 30.7. The van der Waals surface area contributed by atoms with Crippen molar-refractivity contribution in [1.29, 1.82) is 0 Å². The monoisotopic (exact) mass is 793 g/mol. The molecule has 0 radical (unpaired) electrons. The van der Waals surface area contributed by atoms with Crippen molar-refractivity contribution < 1.29 is 8.83 Å². The fourth-order valence-electron chi connectivity index (χ4n) is 8.79. The Morgan fingerprint density at radius 2 is 0.774 bits per heavy atom. The normalized spacial score (nSPS) is 11.5. The van der Waals surface area contributed by atoms with Gasteiger partial charge in [-0.25, -0.2) is 15.0 Å². The van der Waals surface area contributed by atoms with Crippen molar-refractivity contribution in [3.05, 3.63) is 212 Å². The standard InChI is InChI=1S/C57H35N3O2/c1-5-17-36(18-6-1)42-34-48(37-19-7-2-8-20-37)53-49(35-42)51-43(40-25-15-26-41(33-40)44-28-16-29-46-45-27-13-14-30-50(45)61-52(44)46)31-32-47(54(51)62-53)57-59-55(38-21-9-3-10-22-38)58-56(60-57)39-23-11-4-12-24-39/h1-35H. The smallest absolute Gasteiger partial charge is 0.167 e. The summed E-state index contributed by atoms with van der Waals surface area (Å²) in [5.41, 5.74) is 14.3. The summed E-state index contributed by atoms with van der Waals surface area (Å²) in [6.45, 7) is 0. The largest absolute Gasteiger partial charge is 0.455 e. The molecular weight excluding hydrogens is 759 g/mol. The number of fused-ring (bicyclic) bond motifs is 6. The average molecular weight is 794 g/mol. The molecule has 0 unspecified atom stereocenters. The maximum atomic E-state index is 7.26. The summed E-state index contributed by atoms with van der Waals surface area (Å²) in [5, 5.41) is 4.19. The Balaban J connectivity index is 1.15. The number of hydrogen-bond donors (Lipinski definition) is 0. The van der Waals surface area contributed by atoms with Gasteiger partial charge in [-0.05, 0) is 63.7 Å². The molecule has 0 amide bonds. The molecule has 0 N–H and O–H groups in total. The molecule has 0 saturated heterocycles. The van der Waals surface area contributed by atoms with E-state index < -0.39 is 0 Å². The Kier molecular flexibility index (Phi) is 8.42. The molecule has 290 valence electrons. The van der Waals surface area contributed by atoms with Gasteiger partial charge in [-0.15, -0.1) is 0 Å². The zero-order valence-corrected chi connectivity index (χ0v) is 33.4. The molecule has 0 aliphatic rings. The molecule has 12 rings (SSSR count). The molecule has 9 aromatic carbocycles. The van der Waals surface area contributed by atoms with Crippen LogP contribution in [-0.2, 0) is 0 Å². The fraction of sp³-hybridized carbons (Fsp3) is 0. The van der Waals surface area contributed by atoms with Crippen LogP contribution in [0.5, 0.6) is 0 Å². The summed E-state index contributed by atoms with van der Waals surface area (Å²) in [6.07, 6.45) is 0.